The van der Waals surface area contributed by atoms with Gasteiger partial charge in [-0.05, 0) is 19.2 Å². The minimum atomic E-state index is -0.249. The molecule has 5 nitrogen and oxygen atoms in total. The van der Waals surface area contributed by atoms with E-state index in [4.69, 9.17) is 0 Å². The fourth-order valence-electron chi connectivity index (χ4n) is 2.85. The number of hydrogen-bond donors (Lipinski definition) is 0. The minimum absolute atomic E-state index is 0.0637. The molecule has 1 unspecified atom stereocenters. The highest BCUT2D eigenvalue weighted by Gasteiger charge is 2.41. The number of rotatable bonds is 1. The van der Waals surface area contributed by atoms with Crippen LogP contribution < -0.4 is 5.06 Å². The summed E-state index contributed by atoms with van der Waals surface area (Å²) in [5, 5.41) is 12.3. The van der Waals surface area contributed by atoms with Gasteiger partial charge in [0.05, 0.1) is 6.04 Å². The van der Waals surface area contributed by atoms with Crippen LogP contribution in [0, 0.1) is 5.21 Å². The van der Waals surface area contributed by atoms with Crippen molar-refractivity contribution in [1.82, 2.24) is 4.90 Å². The van der Waals surface area contributed by atoms with Crippen LogP contribution in [0.15, 0.2) is 18.2 Å². The van der Waals surface area contributed by atoms with Crippen LogP contribution in [0.4, 0.5) is 5.69 Å². The molecule has 2 aliphatic rings. The Balaban J connectivity index is 2.15. The molecule has 1 amide bonds. The fourth-order valence-corrected chi connectivity index (χ4v) is 2.85. The molecule has 2 heterocycles. The Bertz CT molecular complexity index is 539. The van der Waals surface area contributed by atoms with Gasteiger partial charge in [-0.15, -0.1) is 0 Å². The lowest BCUT2D eigenvalue weighted by molar-refractivity contribution is -0.122. The highest BCUT2D eigenvalue weighted by atomic mass is 16.5. The molecule has 1 atom stereocenters. The van der Waals surface area contributed by atoms with E-state index in [1.165, 1.54) is 7.05 Å². The molecule has 5 heteroatoms. The van der Waals surface area contributed by atoms with Crippen molar-refractivity contribution in [2.45, 2.75) is 18.9 Å². The van der Waals surface area contributed by atoms with E-state index in [9.17, 15) is 14.8 Å². The van der Waals surface area contributed by atoms with Gasteiger partial charge in [-0.1, -0.05) is 6.07 Å². The lowest BCUT2D eigenvalue weighted by Crippen LogP contribution is -2.36. The first-order valence-corrected chi connectivity index (χ1v) is 5.96. The lowest BCUT2D eigenvalue weighted by Gasteiger charge is -2.33. The van der Waals surface area contributed by atoms with Crippen molar-refractivity contribution < 1.29 is 9.59 Å². The van der Waals surface area contributed by atoms with Crippen LogP contribution in [0.1, 0.15) is 34.8 Å². The van der Waals surface area contributed by atoms with Gasteiger partial charge in [0.25, 0.3) is 5.91 Å². The van der Waals surface area contributed by atoms with Crippen LogP contribution in [0.2, 0.25) is 0 Å². The van der Waals surface area contributed by atoms with Crippen molar-refractivity contribution in [3.63, 3.8) is 0 Å². The zero-order chi connectivity index (χ0) is 12.9. The molecule has 0 spiro atoms. The number of hydroxylamine groups is 1. The predicted molar refractivity (Wildman–Crippen MR) is 66.2 cm³/mol. The largest absolute Gasteiger partial charge is 0.758 e. The van der Waals surface area contributed by atoms with Gasteiger partial charge in [0.1, 0.15) is 5.78 Å². The van der Waals surface area contributed by atoms with Crippen LogP contribution in [0.5, 0.6) is 0 Å². The number of ketones is 1. The highest BCUT2D eigenvalue weighted by molar-refractivity contribution is 6.02. The van der Waals surface area contributed by atoms with Gasteiger partial charge in [-0.25, -0.2) is 0 Å². The van der Waals surface area contributed by atoms with E-state index in [2.05, 4.69) is 0 Å². The number of hydrogen-bond acceptors (Lipinski definition) is 4. The molecular weight excluding hydrogens is 232 g/mol. The van der Waals surface area contributed by atoms with Crippen molar-refractivity contribution in [2.24, 2.45) is 0 Å². The standard InChI is InChI=1S/C13H13N2O3/c1-14(18)10-4-2-3-9-12(10)11-7-8(16)5-6-15(11)13(9)17/h2-4,11H,5-7H2,1H3/q-1. The number of carbonyl (C=O) groups excluding carboxylic acids is 2. The summed E-state index contributed by atoms with van der Waals surface area (Å²) in [6.07, 6.45) is 0.738. The summed E-state index contributed by atoms with van der Waals surface area (Å²) in [6, 6.07) is 4.89. The van der Waals surface area contributed by atoms with Crippen LogP contribution in [0.3, 0.4) is 0 Å². The smallest absolute Gasteiger partial charge is 0.254 e. The summed E-state index contributed by atoms with van der Waals surface area (Å²) in [6.45, 7) is 0.457. The molecule has 1 fully saturated rings. The third-order valence-electron chi connectivity index (χ3n) is 3.68. The maximum Gasteiger partial charge on any atom is 0.254 e. The van der Waals surface area contributed by atoms with E-state index >= 15 is 0 Å². The van der Waals surface area contributed by atoms with E-state index < -0.39 is 0 Å². The number of nitrogens with zero attached hydrogens (tertiary/aromatic N) is 2. The van der Waals surface area contributed by atoms with E-state index in [-0.39, 0.29) is 17.7 Å². The zero-order valence-corrected chi connectivity index (χ0v) is 10.0. The highest BCUT2D eigenvalue weighted by Crippen LogP contribution is 2.43. The van der Waals surface area contributed by atoms with Crippen molar-refractivity contribution in [3.8, 4) is 0 Å². The summed E-state index contributed by atoms with van der Waals surface area (Å²) >= 11 is 0. The zero-order valence-electron chi connectivity index (χ0n) is 10.0. The number of fused-ring (bicyclic) bond motifs is 3. The Morgan fingerprint density at radius 1 is 1.39 bits per heavy atom. The van der Waals surface area contributed by atoms with E-state index in [1.807, 2.05) is 0 Å². The molecule has 2 aliphatic heterocycles. The second kappa shape index (κ2) is 3.81. The second-order valence-electron chi connectivity index (χ2n) is 4.74. The summed E-state index contributed by atoms with van der Waals surface area (Å²) in [5.41, 5.74) is 1.77. The SMILES string of the molecule is CN([O-])c1cccc2c1C1CC(=O)CCN1C2=O. The average molecular weight is 245 g/mol. The third-order valence-corrected chi connectivity index (χ3v) is 3.68. The maximum absolute atomic E-state index is 12.2. The Morgan fingerprint density at radius 3 is 2.89 bits per heavy atom. The molecule has 3 rings (SSSR count). The Morgan fingerprint density at radius 2 is 2.17 bits per heavy atom. The molecular formula is C13H13N2O3-. The van der Waals surface area contributed by atoms with Crippen LogP contribution in [-0.4, -0.2) is 30.2 Å². The normalized spacial score (nSPS) is 21.9. The minimum Gasteiger partial charge on any atom is -0.758 e. The first kappa shape index (κ1) is 11.2. The van der Waals surface area contributed by atoms with Gasteiger partial charge in [0.2, 0.25) is 0 Å². The Kier molecular flexibility index (Phi) is 2.38. The molecule has 0 aliphatic carbocycles. The van der Waals surface area contributed by atoms with E-state index in [0.717, 1.165) is 5.06 Å². The molecule has 1 aromatic rings. The van der Waals surface area contributed by atoms with E-state index in [1.54, 1.807) is 23.1 Å². The summed E-state index contributed by atoms with van der Waals surface area (Å²) < 4.78 is 0. The number of benzene rings is 1. The van der Waals surface area contributed by atoms with Gasteiger partial charge >= 0.3 is 0 Å². The molecule has 18 heavy (non-hydrogen) atoms. The lowest BCUT2D eigenvalue weighted by atomic mass is 9.95. The monoisotopic (exact) mass is 245 g/mol. The number of Topliss-reactive ketones (excluding diaryl/α,β-unsaturated/α-hetero) is 1. The van der Waals surface area contributed by atoms with Crippen molar-refractivity contribution in [2.75, 3.05) is 18.7 Å². The number of carbonyl (C=O) groups is 2. The summed E-state index contributed by atoms with van der Waals surface area (Å²) in [5.74, 6) is 0.0893. The summed E-state index contributed by atoms with van der Waals surface area (Å²) in [7, 11) is 1.41. The first-order valence-electron chi connectivity index (χ1n) is 5.96. The molecule has 0 aromatic heterocycles. The second-order valence-corrected chi connectivity index (χ2v) is 4.74. The topological polar surface area (TPSA) is 63.7 Å². The first-order chi connectivity index (χ1) is 8.59. The van der Waals surface area contributed by atoms with Gasteiger partial charge in [0.15, 0.2) is 0 Å². The third kappa shape index (κ3) is 1.44. The van der Waals surface area contributed by atoms with Gasteiger partial charge in [-0.2, -0.15) is 0 Å². The van der Waals surface area contributed by atoms with Crippen LogP contribution in [0.25, 0.3) is 0 Å². The summed E-state index contributed by atoms with van der Waals surface area (Å²) in [4.78, 5) is 25.5. The molecule has 0 saturated carbocycles. The number of amides is 1. The molecule has 1 aromatic carbocycles. The number of anilines is 1. The van der Waals surface area contributed by atoms with E-state index in [0.29, 0.717) is 36.2 Å². The predicted octanol–water partition coefficient (Wildman–Crippen LogP) is 1.48. The Labute approximate surface area is 105 Å². The van der Waals surface area contributed by atoms with Gasteiger partial charge in [-0.3, -0.25) is 9.59 Å². The average Bonchev–Trinajstić information content (AvgIpc) is 2.63. The maximum atomic E-state index is 12.2. The number of piperidine rings is 1. The van der Waals surface area contributed by atoms with Gasteiger partial charge < -0.3 is 15.2 Å². The van der Waals surface area contributed by atoms with Crippen molar-refractivity contribution in [1.29, 1.82) is 0 Å². The van der Waals surface area contributed by atoms with Crippen LogP contribution in [-0.2, 0) is 4.79 Å². The van der Waals surface area contributed by atoms with Gasteiger partial charge in [0, 0.05) is 36.2 Å². The molecule has 94 valence electrons. The fraction of sp³-hybridized carbons (Fsp3) is 0.385. The van der Waals surface area contributed by atoms with Crippen molar-refractivity contribution in [3.05, 3.63) is 34.5 Å². The van der Waals surface area contributed by atoms with Crippen molar-refractivity contribution >= 4 is 17.4 Å². The van der Waals surface area contributed by atoms with Crippen LogP contribution >= 0.6 is 0 Å². The molecule has 0 radical (unpaired) electrons. The molecule has 0 bridgehead atoms. The molecule has 1 saturated heterocycles. The molecule has 0 N–H and O–H groups in total. The quantitative estimate of drug-likeness (QED) is 0.703. The Hall–Kier alpha value is -1.88.